The number of ether oxygens (including phenoxy) is 1. The van der Waals surface area contributed by atoms with Gasteiger partial charge in [0.15, 0.2) is 0 Å². The zero-order valence-corrected chi connectivity index (χ0v) is 7.64. The van der Waals surface area contributed by atoms with Crippen molar-refractivity contribution >= 4 is 6.09 Å². The Bertz CT molecular complexity index is 143. The van der Waals surface area contributed by atoms with Gasteiger partial charge in [0.1, 0.15) is 0 Å². The first-order valence-electron chi connectivity index (χ1n) is 4.64. The number of carbonyl (C=O) groups excluding carboxylic acids is 1. The van der Waals surface area contributed by atoms with Crippen molar-refractivity contribution in [1.82, 2.24) is 5.32 Å². The van der Waals surface area contributed by atoms with Crippen LogP contribution in [0.15, 0.2) is 0 Å². The fraction of sp³-hybridized carbons (Fsp3) is 0.889. The van der Waals surface area contributed by atoms with Gasteiger partial charge >= 0.3 is 6.09 Å². The van der Waals surface area contributed by atoms with Crippen LogP contribution in [0.25, 0.3) is 0 Å². The molecule has 0 aliphatic heterocycles. The molecule has 1 rings (SSSR count). The lowest BCUT2D eigenvalue weighted by molar-refractivity contribution is 0.170. The maximum Gasteiger partial charge on any atom is 0.406 e. The predicted molar refractivity (Wildman–Crippen MR) is 47.0 cm³/mol. The van der Waals surface area contributed by atoms with Crippen molar-refractivity contribution in [2.45, 2.75) is 32.1 Å². The molecule has 1 N–H and O–H groups in total. The molecule has 1 aliphatic carbocycles. The molecule has 0 aromatic carbocycles. The van der Waals surface area contributed by atoms with Crippen molar-refractivity contribution in [2.24, 2.45) is 5.92 Å². The predicted octanol–water partition coefficient (Wildman–Crippen LogP) is 1.92. The Morgan fingerprint density at radius 3 is 2.83 bits per heavy atom. The van der Waals surface area contributed by atoms with E-state index in [1.54, 1.807) is 0 Å². The molecular weight excluding hydrogens is 154 g/mol. The van der Waals surface area contributed by atoms with Crippen LogP contribution in [0.5, 0.6) is 0 Å². The van der Waals surface area contributed by atoms with E-state index in [0.717, 1.165) is 18.9 Å². The zero-order chi connectivity index (χ0) is 8.81. The van der Waals surface area contributed by atoms with Gasteiger partial charge in [-0.1, -0.05) is 19.3 Å². The van der Waals surface area contributed by atoms with Gasteiger partial charge in [-0.25, -0.2) is 4.79 Å². The molecule has 0 spiro atoms. The minimum absolute atomic E-state index is 0.316. The number of amides is 1. The second-order valence-electron chi connectivity index (χ2n) is 3.36. The number of hydrogen-bond donors (Lipinski definition) is 1. The first-order valence-corrected chi connectivity index (χ1v) is 4.64. The molecule has 0 aromatic rings. The van der Waals surface area contributed by atoms with E-state index in [-0.39, 0.29) is 6.09 Å². The number of methoxy groups -OCH3 is 1. The summed E-state index contributed by atoms with van der Waals surface area (Å²) in [5, 5.41) is 2.67. The van der Waals surface area contributed by atoms with E-state index in [9.17, 15) is 4.79 Å². The molecule has 1 amide bonds. The van der Waals surface area contributed by atoms with E-state index in [4.69, 9.17) is 0 Å². The largest absolute Gasteiger partial charge is 0.453 e. The molecule has 3 heteroatoms. The lowest BCUT2D eigenvalue weighted by Crippen LogP contribution is -2.24. The Hall–Kier alpha value is -0.730. The average molecular weight is 171 g/mol. The van der Waals surface area contributed by atoms with Crippen LogP contribution < -0.4 is 5.32 Å². The minimum atomic E-state index is -0.316. The summed E-state index contributed by atoms with van der Waals surface area (Å²) in [6.45, 7) is 0.753. The average Bonchev–Trinajstić information content (AvgIpc) is 2.00. The van der Waals surface area contributed by atoms with Crippen LogP contribution in [0.3, 0.4) is 0 Å². The Morgan fingerprint density at radius 1 is 1.58 bits per heavy atom. The fourth-order valence-corrected chi connectivity index (χ4v) is 1.43. The molecule has 0 atom stereocenters. The van der Waals surface area contributed by atoms with Gasteiger partial charge in [-0.15, -0.1) is 0 Å². The van der Waals surface area contributed by atoms with Crippen LogP contribution >= 0.6 is 0 Å². The number of hydrogen-bond acceptors (Lipinski definition) is 2. The fourth-order valence-electron chi connectivity index (χ4n) is 1.43. The van der Waals surface area contributed by atoms with E-state index >= 15 is 0 Å². The third-order valence-electron chi connectivity index (χ3n) is 2.47. The Kier molecular flexibility index (Phi) is 3.91. The summed E-state index contributed by atoms with van der Waals surface area (Å²) in [5.74, 6) is 0.935. The molecular formula is C9H17NO2. The maximum absolute atomic E-state index is 10.6. The van der Waals surface area contributed by atoms with E-state index in [1.807, 2.05) is 0 Å². The van der Waals surface area contributed by atoms with E-state index in [1.165, 1.54) is 32.8 Å². The van der Waals surface area contributed by atoms with Crippen LogP contribution in [0.4, 0.5) is 4.79 Å². The summed E-state index contributed by atoms with van der Waals surface area (Å²) in [6, 6.07) is 0. The molecule has 0 heterocycles. The molecule has 0 saturated heterocycles. The van der Waals surface area contributed by atoms with Crippen molar-refractivity contribution in [2.75, 3.05) is 13.7 Å². The molecule has 0 unspecified atom stereocenters. The van der Waals surface area contributed by atoms with Gasteiger partial charge in [0.05, 0.1) is 7.11 Å². The van der Waals surface area contributed by atoms with Gasteiger partial charge in [-0.2, -0.15) is 0 Å². The lowest BCUT2D eigenvalue weighted by atomic mass is 9.82. The molecule has 0 aromatic heterocycles. The second kappa shape index (κ2) is 5.01. The molecule has 0 bridgehead atoms. The smallest absolute Gasteiger partial charge is 0.406 e. The summed E-state index contributed by atoms with van der Waals surface area (Å²) in [7, 11) is 1.39. The number of alkyl carbamates (subject to hydrolysis) is 1. The molecule has 12 heavy (non-hydrogen) atoms. The molecule has 1 aliphatic rings. The van der Waals surface area contributed by atoms with Crippen LogP contribution in [0.1, 0.15) is 32.1 Å². The Balaban J connectivity index is 1.85. The van der Waals surface area contributed by atoms with Crippen LogP contribution in [0, 0.1) is 5.92 Å². The van der Waals surface area contributed by atoms with E-state index < -0.39 is 0 Å². The second-order valence-corrected chi connectivity index (χ2v) is 3.36. The normalized spacial score (nSPS) is 16.8. The van der Waals surface area contributed by atoms with Gasteiger partial charge < -0.3 is 10.1 Å². The highest BCUT2D eigenvalue weighted by Gasteiger charge is 2.16. The first kappa shape index (κ1) is 9.36. The summed E-state index contributed by atoms with van der Waals surface area (Å²) < 4.78 is 4.45. The molecule has 70 valence electrons. The summed E-state index contributed by atoms with van der Waals surface area (Å²) in [5.41, 5.74) is 0. The van der Waals surface area contributed by atoms with Crippen LogP contribution in [-0.4, -0.2) is 19.7 Å². The summed E-state index contributed by atoms with van der Waals surface area (Å²) >= 11 is 0. The third-order valence-corrected chi connectivity index (χ3v) is 2.47. The van der Waals surface area contributed by atoms with Crippen molar-refractivity contribution in [3.63, 3.8) is 0 Å². The molecule has 3 nitrogen and oxygen atoms in total. The van der Waals surface area contributed by atoms with Crippen molar-refractivity contribution in [3.05, 3.63) is 0 Å². The van der Waals surface area contributed by atoms with Crippen LogP contribution in [-0.2, 0) is 4.74 Å². The molecule has 1 saturated carbocycles. The van der Waals surface area contributed by atoms with Gasteiger partial charge in [0.25, 0.3) is 0 Å². The summed E-state index contributed by atoms with van der Waals surface area (Å²) in [6.07, 6.45) is 6.19. The standard InChI is InChI=1S/C9H17NO2/c1-12-9(11)10-7-3-6-8-4-2-5-8/h8H,2-7H2,1H3,(H,10,11). The van der Waals surface area contributed by atoms with Crippen LogP contribution in [0.2, 0.25) is 0 Å². The van der Waals surface area contributed by atoms with Crippen molar-refractivity contribution < 1.29 is 9.53 Å². The Morgan fingerprint density at radius 2 is 2.33 bits per heavy atom. The van der Waals surface area contributed by atoms with Gasteiger partial charge in [0.2, 0.25) is 0 Å². The highest BCUT2D eigenvalue weighted by Crippen LogP contribution is 2.29. The monoisotopic (exact) mass is 171 g/mol. The topological polar surface area (TPSA) is 38.3 Å². The van der Waals surface area contributed by atoms with Crippen molar-refractivity contribution in [3.8, 4) is 0 Å². The van der Waals surface area contributed by atoms with Gasteiger partial charge in [-0.3, -0.25) is 0 Å². The quantitative estimate of drug-likeness (QED) is 0.656. The number of nitrogens with one attached hydrogen (secondary N) is 1. The van der Waals surface area contributed by atoms with Gasteiger partial charge in [0, 0.05) is 6.54 Å². The van der Waals surface area contributed by atoms with E-state index in [0.29, 0.717) is 0 Å². The molecule has 0 radical (unpaired) electrons. The zero-order valence-electron chi connectivity index (χ0n) is 7.64. The highest BCUT2D eigenvalue weighted by molar-refractivity contribution is 5.66. The number of rotatable bonds is 4. The minimum Gasteiger partial charge on any atom is -0.453 e. The molecule has 1 fully saturated rings. The van der Waals surface area contributed by atoms with Crippen molar-refractivity contribution in [1.29, 1.82) is 0 Å². The Labute approximate surface area is 73.5 Å². The highest BCUT2D eigenvalue weighted by atomic mass is 16.5. The lowest BCUT2D eigenvalue weighted by Gasteiger charge is -2.24. The number of carbonyl (C=O) groups is 1. The SMILES string of the molecule is COC(=O)NCCCC1CCC1. The summed E-state index contributed by atoms with van der Waals surface area (Å²) in [4.78, 5) is 10.6. The first-order chi connectivity index (χ1) is 5.83. The third kappa shape index (κ3) is 3.11. The maximum atomic E-state index is 10.6. The van der Waals surface area contributed by atoms with E-state index in [2.05, 4.69) is 10.1 Å². The van der Waals surface area contributed by atoms with Gasteiger partial charge in [-0.05, 0) is 18.8 Å².